The van der Waals surface area contributed by atoms with E-state index in [0.29, 0.717) is 6.54 Å². The molecule has 0 radical (unpaired) electrons. The molecule has 1 saturated heterocycles. The smallest absolute Gasteiger partial charge is 0.115 e. The Balaban J connectivity index is 2.24. The molecular formula is C10H13NO2. The molecule has 0 bridgehead atoms. The van der Waals surface area contributed by atoms with Gasteiger partial charge in [0.1, 0.15) is 5.75 Å². The van der Waals surface area contributed by atoms with Gasteiger partial charge in [0, 0.05) is 19.0 Å². The van der Waals surface area contributed by atoms with Gasteiger partial charge in [-0.3, -0.25) is 0 Å². The van der Waals surface area contributed by atoms with Crippen LogP contribution in [-0.4, -0.2) is 29.4 Å². The van der Waals surface area contributed by atoms with E-state index in [1.807, 2.05) is 6.07 Å². The van der Waals surface area contributed by atoms with E-state index in [9.17, 15) is 10.2 Å². The minimum Gasteiger partial charge on any atom is -0.508 e. The van der Waals surface area contributed by atoms with Crippen LogP contribution < -0.4 is 5.32 Å². The lowest BCUT2D eigenvalue weighted by Gasteiger charge is -2.13. The van der Waals surface area contributed by atoms with Gasteiger partial charge in [0.2, 0.25) is 0 Å². The number of aliphatic hydroxyl groups excluding tert-OH is 1. The zero-order valence-electron chi connectivity index (χ0n) is 7.27. The summed E-state index contributed by atoms with van der Waals surface area (Å²) in [7, 11) is 0. The SMILES string of the molecule is Oc1cccc([C@@H]2CNC[C@H]2O)c1. The minimum absolute atomic E-state index is 0.118. The fourth-order valence-electron chi connectivity index (χ4n) is 1.76. The first-order valence-electron chi connectivity index (χ1n) is 4.45. The molecule has 13 heavy (non-hydrogen) atoms. The molecule has 0 aliphatic carbocycles. The van der Waals surface area contributed by atoms with E-state index in [2.05, 4.69) is 5.32 Å². The second-order valence-electron chi connectivity index (χ2n) is 3.43. The number of benzene rings is 1. The van der Waals surface area contributed by atoms with Crippen LogP contribution in [0.5, 0.6) is 5.75 Å². The molecule has 3 N–H and O–H groups in total. The van der Waals surface area contributed by atoms with Crippen molar-refractivity contribution in [2.75, 3.05) is 13.1 Å². The van der Waals surface area contributed by atoms with Crippen LogP contribution in [0.4, 0.5) is 0 Å². The van der Waals surface area contributed by atoms with Gasteiger partial charge in [-0.05, 0) is 17.7 Å². The molecule has 1 aromatic rings. The molecule has 3 nitrogen and oxygen atoms in total. The van der Waals surface area contributed by atoms with Gasteiger partial charge in [-0.2, -0.15) is 0 Å². The summed E-state index contributed by atoms with van der Waals surface area (Å²) in [5.41, 5.74) is 0.998. The zero-order valence-corrected chi connectivity index (χ0v) is 7.27. The Hall–Kier alpha value is -1.06. The topological polar surface area (TPSA) is 52.5 Å². The van der Waals surface area contributed by atoms with Gasteiger partial charge in [-0.15, -0.1) is 0 Å². The average molecular weight is 179 g/mol. The molecule has 1 heterocycles. The summed E-state index contributed by atoms with van der Waals surface area (Å²) in [5.74, 6) is 0.378. The molecule has 0 spiro atoms. The van der Waals surface area contributed by atoms with Crippen LogP contribution in [0, 0.1) is 0 Å². The normalized spacial score (nSPS) is 27.8. The average Bonchev–Trinajstić information content (AvgIpc) is 2.51. The van der Waals surface area contributed by atoms with Crippen LogP contribution >= 0.6 is 0 Å². The van der Waals surface area contributed by atoms with Gasteiger partial charge in [0.05, 0.1) is 6.10 Å². The second-order valence-corrected chi connectivity index (χ2v) is 3.43. The van der Waals surface area contributed by atoms with Gasteiger partial charge < -0.3 is 15.5 Å². The highest BCUT2D eigenvalue weighted by molar-refractivity contribution is 5.31. The number of nitrogens with one attached hydrogen (secondary N) is 1. The monoisotopic (exact) mass is 179 g/mol. The summed E-state index contributed by atoms with van der Waals surface area (Å²) in [5, 5.41) is 22.0. The summed E-state index contributed by atoms with van der Waals surface area (Å²) in [6.07, 6.45) is -0.332. The maximum atomic E-state index is 9.59. The Morgan fingerprint density at radius 2 is 2.15 bits per heavy atom. The molecule has 1 aliphatic rings. The number of hydrogen-bond donors (Lipinski definition) is 3. The van der Waals surface area contributed by atoms with E-state index in [0.717, 1.165) is 12.1 Å². The van der Waals surface area contributed by atoms with Crippen molar-refractivity contribution in [3.63, 3.8) is 0 Å². The van der Waals surface area contributed by atoms with Gasteiger partial charge in [-0.25, -0.2) is 0 Å². The van der Waals surface area contributed by atoms with Gasteiger partial charge >= 0.3 is 0 Å². The predicted molar refractivity (Wildman–Crippen MR) is 49.7 cm³/mol. The molecule has 2 rings (SSSR count). The highest BCUT2D eigenvalue weighted by Crippen LogP contribution is 2.25. The Labute approximate surface area is 77.0 Å². The first-order valence-corrected chi connectivity index (χ1v) is 4.45. The van der Waals surface area contributed by atoms with Crippen molar-refractivity contribution in [3.05, 3.63) is 29.8 Å². The van der Waals surface area contributed by atoms with Gasteiger partial charge in [0.15, 0.2) is 0 Å². The molecule has 1 aromatic carbocycles. The molecule has 70 valence electrons. The number of phenols is 1. The van der Waals surface area contributed by atoms with Crippen molar-refractivity contribution in [1.82, 2.24) is 5.32 Å². The van der Waals surface area contributed by atoms with Crippen molar-refractivity contribution in [1.29, 1.82) is 0 Å². The van der Waals surface area contributed by atoms with Crippen LogP contribution in [0.25, 0.3) is 0 Å². The zero-order chi connectivity index (χ0) is 9.26. The third-order valence-corrected chi connectivity index (χ3v) is 2.48. The third kappa shape index (κ3) is 1.66. The molecule has 0 amide bonds. The number of rotatable bonds is 1. The molecule has 1 fully saturated rings. The highest BCUT2D eigenvalue weighted by atomic mass is 16.3. The number of β-amino-alcohol motifs (C(OH)–C–C–N with tert-alkyl or cyclic N) is 1. The molecule has 1 aliphatic heterocycles. The largest absolute Gasteiger partial charge is 0.508 e. The second kappa shape index (κ2) is 3.36. The minimum atomic E-state index is -0.332. The lowest BCUT2D eigenvalue weighted by atomic mass is 9.96. The van der Waals surface area contributed by atoms with E-state index in [1.165, 1.54) is 0 Å². The molecule has 2 atom stereocenters. The van der Waals surface area contributed by atoms with Crippen LogP contribution in [0.1, 0.15) is 11.5 Å². The van der Waals surface area contributed by atoms with E-state index in [1.54, 1.807) is 18.2 Å². The van der Waals surface area contributed by atoms with E-state index >= 15 is 0 Å². The number of hydrogen-bond acceptors (Lipinski definition) is 3. The maximum Gasteiger partial charge on any atom is 0.115 e. The lowest BCUT2D eigenvalue weighted by Crippen LogP contribution is -2.15. The van der Waals surface area contributed by atoms with E-state index < -0.39 is 0 Å². The summed E-state index contributed by atoms with van der Waals surface area (Å²) < 4.78 is 0. The standard InChI is InChI=1S/C10H13NO2/c12-8-3-1-2-7(4-8)9-5-11-6-10(9)13/h1-4,9-13H,5-6H2/t9-,10+/m0/s1. The number of aliphatic hydroxyl groups is 1. The maximum absolute atomic E-state index is 9.59. The highest BCUT2D eigenvalue weighted by Gasteiger charge is 2.26. The summed E-state index contributed by atoms with van der Waals surface area (Å²) in [4.78, 5) is 0. The van der Waals surface area contributed by atoms with Crippen LogP contribution in [-0.2, 0) is 0 Å². The summed E-state index contributed by atoms with van der Waals surface area (Å²) in [6.45, 7) is 1.42. The molecule has 0 aromatic heterocycles. The summed E-state index contributed by atoms with van der Waals surface area (Å²) in [6, 6.07) is 7.08. The Morgan fingerprint density at radius 3 is 2.77 bits per heavy atom. The van der Waals surface area contributed by atoms with Crippen LogP contribution in [0.2, 0.25) is 0 Å². The number of phenolic OH excluding ortho intramolecular Hbond substituents is 1. The lowest BCUT2D eigenvalue weighted by molar-refractivity contribution is 0.177. The van der Waals surface area contributed by atoms with Crippen molar-refractivity contribution >= 4 is 0 Å². The first kappa shape index (κ1) is 8.53. The van der Waals surface area contributed by atoms with Gasteiger partial charge in [-0.1, -0.05) is 12.1 Å². The van der Waals surface area contributed by atoms with Crippen molar-refractivity contribution in [2.24, 2.45) is 0 Å². The van der Waals surface area contributed by atoms with Crippen LogP contribution in [0.3, 0.4) is 0 Å². The Morgan fingerprint density at radius 1 is 1.31 bits per heavy atom. The summed E-state index contributed by atoms with van der Waals surface area (Å²) >= 11 is 0. The first-order chi connectivity index (χ1) is 6.27. The van der Waals surface area contributed by atoms with Crippen LogP contribution in [0.15, 0.2) is 24.3 Å². The van der Waals surface area contributed by atoms with Crippen molar-refractivity contribution in [3.8, 4) is 5.75 Å². The molecular weight excluding hydrogens is 166 g/mol. The quantitative estimate of drug-likeness (QED) is 0.586. The molecule has 0 unspecified atom stereocenters. The van der Waals surface area contributed by atoms with E-state index in [4.69, 9.17) is 0 Å². The van der Waals surface area contributed by atoms with E-state index in [-0.39, 0.29) is 17.8 Å². The molecule has 3 heteroatoms. The number of aromatic hydroxyl groups is 1. The van der Waals surface area contributed by atoms with Crippen molar-refractivity contribution in [2.45, 2.75) is 12.0 Å². The third-order valence-electron chi connectivity index (χ3n) is 2.48. The van der Waals surface area contributed by atoms with Crippen molar-refractivity contribution < 1.29 is 10.2 Å². The fourth-order valence-corrected chi connectivity index (χ4v) is 1.76. The Kier molecular flexibility index (Phi) is 2.20. The predicted octanol–water partition coefficient (Wildman–Crippen LogP) is 0.440. The van der Waals surface area contributed by atoms with Gasteiger partial charge in [0.25, 0.3) is 0 Å². The molecule has 0 saturated carbocycles. The Bertz CT molecular complexity index is 301. The fraction of sp³-hybridized carbons (Fsp3) is 0.400.